The maximum Gasteiger partial charge on any atom is 0.0322 e. The van der Waals surface area contributed by atoms with Crippen LogP contribution in [0, 0.1) is 0 Å². The van der Waals surface area contributed by atoms with Crippen molar-refractivity contribution in [3.8, 4) is 0 Å². The van der Waals surface area contributed by atoms with Crippen LogP contribution in [0.2, 0.25) is 19.1 Å². The Morgan fingerprint density at radius 1 is 1.50 bits per heavy atom. The molecule has 0 aliphatic rings. The van der Waals surface area contributed by atoms with Gasteiger partial charge in [-0.2, -0.15) is 0 Å². The predicted molar refractivity (Wildman–Crippen MR) is 40.7 cm³/mol. The standard InChI is InChI=1S/C5H16N2Si/c1-8(2)4-5(7)3-6/h5,8H,3-4,6-7H2,1-2H3. The topological polar surface area (TPSA) is 52.0 Å². The first-order valence-corrected chi connectivity index (χ1v) is 6.25. The molecule has 0 saturated heterocycles. The highest BCUT2D eigenvalue weighted by molar-refractivity contribution is 6.55. The first kappa shape index (κ1) is 8.14. The lowest BCUT2D eigenvalue weighted by Gasteiger charge is -2.08. The van der Waals surface area contributed by atoms with Crippen molar-refractivity contribution in [3.63, 3.8) is 0 Å². The molecule has 2 nitrogen and oxygen atoms in total. The zero-order chi connectivity index (χ0) is 6.57. The van der Waals surface area contributed by atoms with Crippen molar-refractivity contribution < 1.29 is 0 Å². The minimum atomic E-state index is -0.451. The average Bonchev–Trinajstić information content (AvgIpc) is 1.65. The van der Waals surface area contributed by atoms with Crippen LogP contribution >= 0.6 is 0 Å². The van der Waals surface area contributed by atoms with Crippen molar-refractivity contribution in [2.45, 2.75) is 25.2 Å². The third kappa shape index (κ3) is 4.30. The molecule has 0 amide bonds. The first-order valence-electron chi connectivity index (χ1n) is 3.12. The molecule has 0 rings (SSSR count). The fourth-order valence-electron chi connectivity index (χ4n) is 0.702. The van der Waals surface area contributed by atoms with Crippen LogP contribution in [-0.2, 0) is 0 Å². The molecule has 0 aromatic rings. The van der Waals surface area contributed by atoms with Gasteiger partial charge in [0.1, 0.15) is 0 Å². The molecule has 8 heavy (non-hydrogen) atoms. The monoisotopic (exact) mass is 132 g/mol. The summed E-state index contributed by atoms with van der Waals surface area (Å²) in [4.78, 5) is 0. The lowest BCUT2D eigenvalue weighted by Crippen LogP contribution is -2.32. The average molecular weight is 132 g/mol. The van der Waals surface area contributed by atoms with E-state index in [2.05, 4.69) is 13.1 Å². The highest BCUT2D eigenvalue weighted by atomic mass is 28.3. The second-order valence-corrected chi connectivity index (χ2v) is 5.88. The number of rotatable bonds is 3. The summed E-state index contributed by atoms with van der Waals surface area (Å²) >= 11 is 0. The molecule has 0 spiro atoms. The minimum absolute atomic E-state index is 0.265. The summed E-state index contributed by atoms with van der Waals surface area (Å²) in [6.45, 7) is 5.22. The second-order valence-electron chi connectivity index (χ2n) is 2.63. The summed E-state index contributed by atoms with van der Waals surface area (Å²) < 4.78 is 0. The van der Waals surface area contributed by atoms with Gasteiger partial charge in [0.15, 0.2) is 0 Å². The Bertz CT molecular complexity index is 56.4. The van der Waals surface area contributed by atoms with E-state index in [-0.39, 0.29) is 6.04 Å². The Kier molecular flexibility index (Phi) is 4.13. The third-order valence-electron chi connectivity index (χ3n) is 1.08. The van der Waals surface area contributed by atoms with Crippen molar-refractivity contribution >= 4 is 8.80 Å². The van der Waals surface area contributed by atoms with Crippen LogP contribution in [-0.4, -0.2) is 21.4 Å². The molecule has 0 bridgehead atoms. The third-order valence-corrected chi connectivity index (χ3v) is 2.63. The zero-order valence-corrected chi connectivity index (χ0v) is 6.88. The molecule has 0 aliphatic carbocycles. The molecule has 1 unspecified atom stereocenters. The van der Waals surface area contributed by atoms with Gasteiger partial charge in [-0.05, 0) is 6.04 Å². The maximum atomic E-state index is 5.58. The summed E-state index contributed by atoms with van der Waals surface area (Å²) in [5.41, 5.74) is 10.9. The van der Waals surface area contributed by atoms with E-state index in [4.69, 9.17) is 11.5 Å². The highest BCUT2D eigenvalue weighted by Gasteiger charge is 2.01. The molecule has 3 heteroatoms. The predicted octanol–water partition coefficient (Wildman–Crippen LogP) is -0.241. The summed E-state index contributed by atoms with van der Waals surface area (Å²) in [6, 6.07) is 1.44. The van der Waals surface area contributed by atoms with Crippen LogP contribution in [0.1, 0.15) is 0 Å². The van der Waals surface area contributed by atoms with E-state index in [9.17, 15) is 0 Å². The number of hydrogen-bond donors (Lipinski definition) is 2. The number of nitrogens with two attached hydrogens (primary N) is 2. The van der Waals surface area contributed by atoms with Gasteiger partial charge in [-0.1, -0.05) is 13.1 Å². The lowest BCUT2D eigenvalue weighted by atomic mass is 10.4. The van der Waals surface area contributed by atoms with Crippen LogP contribution < -0.4 is 11.5 Å². The van der Waals surface area contributed by atoms with Gasteiger partial charge in [-0.25, -0.2) is 0 Å². The van der Waals surface area contributed by atoms with Crippen LogP contribution in [0.25, 0.3) is 0 Å². The highest BCUT2D eigenvalue weighted by Crippen LogP contribution is 1.92. The molecule has 0 aliphatic heterocycles. The van der Waals surface area contributed by atoms with E-state index in [0.29, 0.717) is 6.54 Å². The van der Waals surface area contributed by atoms with Gasteiger partial charge in [0, 0.05) is 21.4 Å². The Balaban J connectivity index is 3.10. The summed E-state index contributed by atoms with van der Waals surface area (Å²) in [5, 5.41) is 0. The number of hydrogen-bond acceptors (Lipinski definition) is 2. The fraction of sp³-hybridized carbons (Fsp3) is 1.00. The van der Waals surface area contributed by atoms with Gasteiger partial charge in [0.05, 0.1) is 0 Å². The Hall–Kier alpha value is 0.137. The summed E-state index contributed by atoms with van der Waals surface area (Å²) in [6.07, 6.45) is 0. The van der Waals surface area contributed by atoms with Crippen LogP contribution in [0.3, 0.4) is 0 Å². The van der Waals surface area contributed by atoms with Crippen LogP contribution in [0.4, 0.5) is 0 Å². The molecule has 4 N–H and O–H groups in total. The molecule has 50 valence electrons. The molecule has 0 aromatic heterocycles. The fourth-order valence-corrected chi connectivity index (χ4v) is 2.11. The lowest BCUT2D eigenvalue weighted by molar-refractivity contribution is 0.744. The molecule has 0 radical (unpaired) electrons. The van der Waals surface area contributed by atoms with E-state index in [1.165, 1.54) is 6.04 Å². The van der Waals surface area contributed by atoms with E-state index in [1.54, 1.807) is 0 Å². The Labute approximate surface area is 52.9 Å². The minimum Gasteiger partial charge on any atom is -0.329 e. The van der Waals surface area contributed by atoms with E-state index >= 15 is 0 Å². The maximum absolute atomic E-state index is 5.58. The van der Waals surface area contributed by atoms with Crippen molar-refractivity contribution in [2.24, 2.45) is 11.5 Å². The molecule has 0 aromatic carbocycles. The van der Waals surface area contributed by atoms with Crippen molar-refractivity contribution in [1.29, 1.82) is 0 Å². The van der Waals surface area contributed by atoms with Crippen LogP contribution in [0.15, 0.2) is 0 Å². The molecule has 0 fully saturated rings. The first-order chi connectivity index (χ1) is 3.66. The smallest absolute Gasteiger partial charge is 0.0322 e. The van der Waals surface area contributed by atoms with Gasteiger partial charge < -0.3 is 11.5 Å². The second kappa shape index (κ2) is 4.06. The molecular formula is C5H16N2Si. The van der Waals surface area contributed by atoms with E-state index in [1.807, 2.05) is 0 Å². The van der Waals surface area contributed by atoms with E-state index < -0.39 is 8.80 Å². The van der Waals surface area contributed by atoms with E-state index in [0.717, 1.165) is 0 Å². The Morgan fingerprint density at radius 2 is 2.00 bits per heavy atom. The largest absolute Gasteiger partial charge is 0.329 e. The van der Waals surface area contributed by atoms with Crippen molar-refractivity contribution in [1.82, 2.24) is 0 Å². The molecule has 0 heterocycles. The summed E-state index contributed by atoms with van der Waals surface area (Å²) in [7, 11) is -0.451. The van der Waals surface area contributed by atoms with Gasteiger partial charge in [-0.15, -0.1) is 0 Å². The molecule has 1 atom stereocenters. The SMILES string of the molecule is C[SiH](C)CC(N)CN. The zero-order valence-electron chi connectivity index (χ0n) is 5.72. The van der Waals surface area contributed by atoms with Crippen molar-refractivity contribution in [2.75, 3.05) is 6.54 Å². The summed E-state index contributed by atoms with van der Waals surface area (Å²) in [5.74, 6) is 0. The quantitative estimate of drug-likeness (QED) is 0.521. The molecule has 0 saturated carbocycles. The van der Waals surface area contributed by atoms with Gasteiger partial charge >= 0.3 is 0 Å². The van der Waals surface area contributed by atoms with Gasteiger partial charge in [0.2, 0.25) is 0 Å². The van der Waals surface area contributed by atoms with Gasteiger partial charge in [-0.3, -0.25) is 0 Å². The van der Waals surface area contributed by atoms with Crippen LogP contribution in [0.5, 0.6) is 0 Å². The normalized spacial score (nSPS) is 14.6. The van der Waals surface area contributed by atoms with Gasteiger partial charge in [0.25, 0.3) is 0 Å². The van der Waals surface area contributed by atoms with Crippen molar-refractivity contribution in [3.05, 3.63) is 0 Å². The Morgan fingerprint density at radius 3 is 2.12 bits per heavy atom. The molecular weight excluding hydrogens is 116 g/mol.